The highest BCUT2D eigenvalue weighted by molar-refractivity contribution is 6.33. The maximum atomic E-state index is 10.2. The molecule has 0 saturated carbocycles. The fourth-order valence-electron chi connectivity index (χ4n) is 5.00. The predicted molar refractivity (Wildman–Crippen MR) is 140 cm³/mol. The van der Waals surface area contributed by atoms with Crippen LogP contribution in [-0.2, 0) is 15.1 Å². The Morgan fingerprint density at radius 1 is 1.03 bits per heavy atom. The van der Waals surface area contributed by atoms with Gasteiger partial charge in [-0.1, -0.05) is 60.1 Å². The fourth-order valence-corrected chi connectivity index (χ4v) is 5.26. The number of ether oxygens (including phenoxy) is 3. The average Bonchev–Trinajstić information content (AvgIpc) is 3.51. The highest BCUT2D eigenvalue weighted by Gasteiger charge is 2.58. The number of aromatic nitrogens is 3. The lowest BCUT2D eigenvalue weighted by atomic mass is 9.95. The molecule has 2 aliphatic heterocycles. The van der Waals surface area contributed by atoms with Crippen molar-refractivity contribution in [2.75, 3.05) is 13.2 Å². The van der Waals surface area contributed by atoms with Gasteiger partial charge in [0.25, 0.3) is 6.01 Å². The molecule has 0 radical (unpaired) electrons. The molecule has 0 bridgehead atoms. The quantitative estimate of drug-likeness (QED) is 0.355. The Morgan fingerprint density at radius 2 is 1.68 bits per heavy atom. The number of aliphatic hydroxyl groups excluding tert-OH is 1. The molecule has 4 aromatic rings. The van der Waals surface area contributed by atoms with Crippen LogP contribution in [0.25, 0.3) is 33.5 Å². The molecule has 2 fully saturated rings. The largest absolute Gasteiger partial charge is 0.456 e. The number of nitrogens with zero attached hydrogens (tertiary/aromatic N) is 2. The fraction of sp³-hybridized carbons (Fsp3) is 0.357. The summed E-state index contributed by atoms with van der Waals surface area (Å²) in [5.74, 6) is 0. The first-order chi connectivity index (χ1) is 17.6. The van der Waals surface area contributed by atoms with Gasteiger partial charge in [-0.25, -0.2) is 4.98 Å². The lowest BCUT2D eigenvalue weighted by molar-refractivity contribution is -0.0621. The van der Waals surface area contributed by atoms with Crippen LogP contribution >= 0.6 is 11.6 Å². The molecule has 0 unspecified atom stereocenters. The van der Waals surface area contributed by atoms with Gasteiger partial charge in [0, 0.05) is 5.56 Å². The van der Waals surface area contributed by atoms with Crippen LogP contribution in [0.5, 0.6) is 6.01 Å². The van der Waals surface area contributed by atoms with E-state index in [1.54, 1.807) is 19.9 Å². The lowest BCUT2D eigenvalue weighted by Crippen LogP contribution is -2.45. The number of aromatic amines is 1. The monoisotopic (exact) mass is 521 g/mol. The second kappa shape index (κ2) is 8.79. The van der Waals surface area contributed by atoms with Crippen molar-refractivity contribution in [3.8, 4) is 28.4 Å². The third-order valence-corrected chi connectivity index (χ3v) is 7.60. The summed E-state index contributed by atoms with van der Waals surface area (Å²) < 4.78 is 17.6. The molecule has 9 heteroatoms. The maximum Gasteiger partial charge on any atom is 0.296 e. The summed E-state index contributed by atoms with van der Waals surface area (Å²) in [5.41, 5.74) is 3.92. The van der Waals surface area contributed by atoms with E-state index in [1.807, 2.05) is 55.5 Å². The molecule has 0 spiro atoms. The smallest absolute Gasteiger partial charge is 0.296 e. The number of imidazole rings is 1. The van der Waals surface area contributed by atoms with Crippen LogP contribution in [0.3, 0.4) is 0 Å². The Labute approximate surface area is 219 Å². The summed E-state index contributed by atoms with van der Waals surface area (Å²) >= 11 is 6.60. The summed E-state index contributed by atoms with van der Waals surface area (Å²) in [5, 5.41) is 20.9. The molecule has 2 aliphatic rings. The van der Waals surface area contributed by atoms with Gasteiger partial charge in [-0.15, -0.1) is 0 Å². The van der Waals surface area contributed by atoms with Crippen molar-refractivity contribution < 1.29 is 24.4 Å². The van der Waals surface area contributed by atoms with E-state index < -0.39 is 23.4 Å². The van der Waals surface area contributed by atoms with E-state index >= 15 is 0 Å². The van der Waals surface area contributed by atoms with Crippen LogP contribution in [0.2, 0.25) is 5.02 Å². The van der Waals surface area contributed by atoms with Gasteiger partial charge in [0.1, 0.15) is 17.8 Å². The predicted octanol–water partition coefficient (Wildman–Crippen LogP) is 4.47. The van der Waals surface area contributed by atoms with Crippen molar-refractivity contribution in [2.45, 2.75) is 50.3 Å². The Kier molecular flexibility index (Phi) is 5.78. The molecule has 192 valence electrons. The molecule has 6 rings (SSSR count). The van der Waals surface area contributed by atoms with Crippen LogP contribution in [0.4, 0.5) is 0 Å². The standard InChI is InChI=1S/C28H28ClN3O5/c1-27(2,34)18-10-8-16(9-11-18)15-4-6-17(7-5-15)23-19(29)12-20-25(31-23)32-26(30-20)37-21-13-36-28(3)22(33)14-35-24(21)28/h4-12,21-22,24,33-34H,13-14H2,1-3H3,(H,30,31,32)/t21-,22-,24-,28-/m1/s1. The number of rotatable bonds is 5. The van der Waals surface area contributed by atoms with Gasteiger partial charge in [0.05, 0.1) is 35.0 Å². The van der Waals surface area contributed by atoms with Gasteiger partial charge < -0.3 is 29.4 Å². The molecular weight excluding hydrogens is 494 g/mol. The number of benzene rings is 2. The van der Waals surface area contributed by atoms with E-state index in [4.69, 9.17) is 25.8 Å². The summed E-state index contributed by atoms with van der Waals surface area (Å²) in [6.07, 6.45) is -1.47. The van der Waals surface area contributed by atoms with Crippen LogP contribution in [0.1, 0.15) is 26.3 Å². The molecule has 3 N–H and O–H groups in total. The SMILES string of the molecule is CC(C)(O)c1ccc(-c2ccc(-c3nc4nc(O[C@@H]5CO[C@]6(C)[C@H](O)CO[C@H]56)[nH]c4cc3Cl)cc2)cc1. The van der Waals surface area contributed by atoms with Gasteiger partial charge in [0.15, 0.2) is 11.8 Å². The van der Waals surface area contributed by atoms with Gasteiger partial charge in [-0.2, -0.15) is 4.98 Å². The second-order valence-electron chi connectivity index (χ2n) is 10.4. The average molecular weight is 522 g/mol. The molecule has 37 heavy (non-hydrogen) atoms. The highest BCUT2D eigenvalue weighted by Crippen LogP contribution is 2.39. The normalized spacial score (nSPS) is 25.5. The first-order valence-corrected chi connectivity index (χ1v) is 12.6. The van der Waals surface area contributed by atoms with Gasteiger partial charge in [-0.05, 0) is 43.5 Å². The molecule has 8 nitrogen and oxygen atoms in total. The van der Waals surface area contributed by atoms with Gasteiger partial charge in [0.2, 0.25) is 0 Å². The summed E-state index contributed by atoms with van der Waals surface area (Å²) in [4.78, 5) is 12.3. The van der Waals surface area contributed by atoms with E-state index in [1.165, 1.54) is 0 Å². The topological polar surface area (TPSA) is 110 Å². The van der Waals surface area contributed by atoms with E-state index in [-0.39, 0.29) is 12.7 Å². The summed E-state index contributed by atoms with van der Waals surface area (Å²) in [7, 11) is 0. The van der Waals surface area contributed by atoms with E-state index in [0.717, 1.165) is 22.3 Å². The van der Waals surface area contributed by atoms with Crippen molar-refractivity contribution in [1.29, 1.82) is 0 Å². The van der Waals surface area contributed by atoms with E-state index in [9.17, 15) is 10.2 Å². The first-order valence-electron chi connectivity index (χ1n) is 12.2. The number of nitrogens with one attached hydrogen (secondary N) is 1. The Balaban J connectivity index is 1.23. The minimum Gasteiger partial charge on any atom is -0.456 e. The number of hydrogen-bond donors (Lipinski definition) is 3. The van der Waals surface area contributed by atoms with Crippen LogP contribution in [0, 0.1) is 0 Å². The van der Waals surface area contributed by atoms with Crippen LogP contribution < -0.4 is 4.74 Å². The first kappa shape index (κ1) is 24.3. The zero-order valence-electron chi connectivity index (χ0n) is 20.7. The number of fused-ring (bicyclic) bond motifs is 2. The Hall–Kier alpha value is -3.01. The summed E-state index contributed by atoms with van der Waals surface area (Å²) in [6.45, 7) is 5.88. The third kappa shape index (κ3) is 4.28. The van der Waals surface area contributed by atoms with Crippen molar-refractivity contribution in [3.63, 3.8) is 0 Å². The van der Waals surface area contributed by atoms with Gasteiger partial charge >= 0.3 is 0 Å². The number of H-pyrrole nitrogens is 1. The molecular formula is C28H28ClN3O5. The number of hydrogen-bond acceptors (Lipinski definition) is 7. The molecule has 0 amide bonds. The number of halogens is 1. The minimum absolute atomic E-state index is 0.215. The molecule has 4 atom stereocenters. The van der Waals surface area contributed by atoms with Gasteiger partial charge in [-0.3, -0.25) is 0 Å². The Bertz CT molecular complexity index is 1450. The third-order valence-electron chi connectivity index (χ3n) is 7.31. The maximum absolute atomic E-state index is 10.2. The van der Waals surface area contributed by atoms with Crippen LogP contribution in [0.15, 0.2) is 54.6 Å². The summed E-state index contributed by atoms with van der Waals surface area (Å²) in [6, 6.07) is 17.9. The van der Waals surface area contributed by atoms with Crippen molar-refractivity contribution in [3.05, 3.63) is 65.2 Å². The molecule has 2 aromatic heterocycles. The van der Waals surface area contributed by atoms with Crippen molar-refractivity contribution in [2.24, 2.45) is 0 Å². The Morgan fingerprint density at radius 3 is 2.35 bits per heavy atom. The van der Waals surface area contributed by atoms with E-state index in [2.05, 4.69) is 15.0 Å². The van der Waals surface area contributed by atoms with E-state index in [0.29, 0.717) is 34.5 Å². The molecule has 2 saturated heterocycles. The van der Waals surface area contributed by atoms with Crippen LogP contribution in [-0.4, -0.2) is 62.3 Å². The molecule has 4 heterocycles. The zero-order valence-corrected chi connectivity index (χ0v) is 21.5. The van der Waals surface area contributed by atoms with Crippen molar-refractivity contribution >= 4 is 22.8 Å². The zero-order chi connectivity index (χ0) is 25.9. The minimum atomic E-state index is -0.876. The molecule has 2 aromatic carbocycles. The van der Waals surface area contributed by atoms with Crippen molar-refractivity contribution in [1.82, 2.24) is 15.0 Å². The highest BCUT2D eigenvalue weighted by atomic mass is 35.5. The lowest BCUT2D eigenvalue weighted by Gasteiger charge is -2.25. The number of pyridine rings is 1. The molecule has 0 aliphatic carbocycles. The second-order valence-corrected chi connectivity index (χ2v) is 10.8. The number of aliphatic hydroxyl groups is 2.